The van der Waals surface area contributed by atoms with E-state index in [1.807, 2.05) is 54.6 Å². The van der Waals surface area contributed by atoms with Gasteiger partial charge in [0.15, 0.2) is 0 Å². The highest BCUT2D eigenvalue weighted by Gasteiger charge is 2.42. The van der Waals surface area contributed by atoms with Crippen LogP contribution in [0.4, 0.5) is 13.2 Å². The topological polar surface area (TPSA) is 0 Å². The largest absolute Gasteiger partial charge is 0.409 e. The number of benzene rings is 3. The molecule has 1 aliphatic carbocycles. The van der Waals surface area contributed by atoms with Crippen LogP contribution in [0, 0.1) is 5.92 Å². The van der Waals surface area contributed by atoms with Gasteiger partial charge < -0.3 is 0 Å². The van der Waals surface area contributed by atoms with Crippen molar-refractivity contribution in [1.29, 1.82) is 0 Å². The van der Waals surface area contributed by atoms with E-state index in [0.717, 1.165) is 5.57 Å². The van der Waals surface area contributed by atoms with Crippen molar-refractivity contribution in [2.75, 3.05) is 6.16 Å². The van der Waals surface area contributed by atoms with Crippen LogP contribution >= 0.6 is 15.8 Å². The van der Waals surface area contributed by atoms with Gasteiger partial charge in [-0.3, -0.25) is 0 Å². The van der Waals surface area contributed by atoms with E-state index in [9.17, 15) is 13.2 Å². The summed E-state index contributed by atoms with van der Waals surface area (Å²) in [5.74, 6) is -4.42. The van der Waals surface area contributed by atoms with Crippen LogP contribution in [0.3, 0.4) is 0 Å². The Morgan fingerprint density at radius 2 is 1.22 bits per heavy atom. The van der Waals surface area contributed by atoms with Gasteiger partial charge in [0, 0.05) is 19.5 Å². The van der Waals surface area contributed by atoms with Gasteiger partial charge in [0.1, 0.15) is 0 Å². The maximum Gasteiger partial charge on any atom is 0.409 e. The van der Waals surface area contributed by atoms with Crippen molar-refractivity contribution in [3.8, 4) is 0 Å². The van der Waals surface area contributed by atoms with Crippen molar-refractivity contribution >= 4 is 31.8 Å². The minimum atomic E-state index is -4.22. The number of halogens is 3. The molecule has 0 aromatic heterocycles. The summed E-state index contributed by atoms with van der Waals surface area (Å²) < 4.78 is 42.2. The van der Waals surface area contributed by atoms with Crippen LogP contribution in [0.1, 0.15) is 6.92 Å². The zero-order chi connectivity index (χ0) is 22.6. The number of hydrogen-bond acceptors (Lipinski definition) is 0. The van der Waals surface area contributed by atoms with Gasteiger partial charge in [0.05, 0.1) is 0 Å². The summed E-state index contributed by atoms with van der Waals surface area (Å²) in [7, 11) is -3.01. The molecule has 3 aromatic rings. The van der Waals surface area contributed by atoms with E-state index < -0.39 is 21.8 Å². The molecule has 0 N–H and O–H groups in total. The van der Waals surface area contributed by atoms with Gasteiger partial charge >= 0.3 is 5.92 Å². The lowest BCUT2D eigenvalue weighted by atomic mass is 10.0. The molecule has 32 heavy (non-hydrogen) atoms. The molecule has 0 amide bonds. The molecular weight excluding hydrogens is 443 g/mol. The molecule has 0 nitrogen and oxygen atoms in total. The maximum absolute atomic E-state index is 14.1. The summed E-state index contributed by atoms with van der Waals surface area (Å²) >= 11 is 0. The monoisotopic (exact) mass is 468 g/mol. The summed E-state index contributed by atoms with van der Waals surface area (Å²) in [5.41, 5.74) is 1.24. The van der Waals surface area contributed by atoms with Gasteiger partial charge in [-0.15, -0.1) is 0 Å². The summed E-state index contributed by atoms with van der Waals surface area (Å²) in [6, 6.07) is 29.1. The molecule has 4 rings (SSSR count). The molecule has 0 spiro atoms. The zero-order valence-electron chi connectivity index (χ0n) is 17.8. The third-order valence-corrected chi connectivity index (χ3v) is 10.8. The van der Waals surface area contributed by atoms with E-state index in [2.05, 4.69) is 31.2 Å². The summed E-state index contributed by atoms with van der Waals surface area (Å²) in [6.07, 6.45) is 6.04. The molecular formula is C27H25F3P2. The average Bonchev–Trinajstić information content (AvgIpc) is 3.27. The Morgan fingerprint density at radius 3 is 1.69 bits per heavy atom. The summed E-state index contributed by atoms with van der Waals surface area (Å²) in [4.78, 5) is 0. The Labute approximate surface area is 190 Å². The van der Waals surface area contributed by atoms with Crippen LogP contribution in [0.15, 0.2) is 115 Å². The van der Waals surface area contributed by atoms with Crippen LogP contribution in [0.25, 0.3) is 0 Å². The second kappa shape index (κ2) is 10.2. The quantitative estimate of drug-likeness (QED) is 0.329. The molecule has 0 fully saturated rings. The summed E-state index contributed by atoms with van der Waals surface area (Å²) in [5, 5.41) is 2.89. The molecule has 164 valence electrons. The number of allylic oxidation sites excluding steroid dienone is 4. The van der Waals surface area contributed by atoms with Crippen molar-refractivity contribution in [2.45, 2.75) is 18.5 Å². The molecule has 0 heterocycles. The number of alkyl halides is 3. The molecule has 0 aliphatic heterocycles. The van der Waals surface area contributed by atoms with Crippen molar-refractivity contribution in [3.63, 3.8) is 0 Å². The van der Waals surface area contributed by atoms with Crippen LogP contribution in [0.2, 0.25) is 0 Å². The van der Waals surface area contributed by atoms with Gasteiger partial charge in [-0.05, 0) is 30.0 Å². The summed E-state index contributed by atoms with van der Waals surface area (Å²) in [6.45, 7) is 2.18. The predicted molar refractivity (Wildman–Crippen MR) is 133 cm³/mol. The fourth-order valence-electron chi connectivity index (χ4n) is 4.23. The Bertz CT molecular complexity index is 1020. The van der Waals surface area contributed by atoms with Crippen LogP contribution in [-0.4, -0.2) is 17.7 Å². The van der Waals surface area contributed by atoms with Gasteiger partial charge in [0.25, 0.3) is 0 Å². The molecule has 2 unspecified atom stereocenters. The zero-order valence-corrected chi connectivity index (χ0v) is 19.6. The third kappa shape index (κ3) is 5.22. The second-order valence-corrected chi connectivity index (χ2v) is 12.6. The minimum absolute atomic E-state index is 0.0995. The van der Waals surface area contributed by atoms with Crippen molar-refractivity contribution < 1.29 is 13.2 Å². The Kier molecular flexibility index (Phi) is 7.29. The molecule has 5 heteroatoms. The SMILES string of the molecule is C[C@@H](C1=CC=CC1CP(c1ccccc1)C(F)(F)F)P(c1ccccc1)c1ccccc1. The van der Waals surface area contributed by atoms with Crippen molar-refractivity contribution in [1.82, 2.24) is 0 Å². The fraction of sp³-hybridized carbons (Fsp3) is 0.185. The highest BCUT2D eigenvalue weighted by Crippen LogP contribution is 2.56. The molecule has 3 atom stereocenters. The minimum Gasteiger partial charge on any atom is -0.167 e. The van der Waals surface area contributed by atoms with Gasteiger partial charge in [-0.1, -0.05) is 122 Å². The van der Waals surface area contributed by atoms with Crippen LogP contribution in [-0.2, 0) is 0 Å². The molecule has 0 saturated carbocycles. The lowest BCUT2D eigenvalue weighted by Crippen LogP contribution is -2.26. The standard InChI is InChI=1S/C27H25F3P2/c1-21(32(24-15-7-3-8-16-24)25-17-9-4-10-18-25)26-19-11-12-22(26)20-31(27(28,29)30)23-13-5-2-6-14-23/h2-19,21-22H,20H2,1H3/t21-,22?,31?/m0/s1. The first kappa shape index (κ1) is 23.0. The number of hydrogen-bond donors (Lipinski definition) is 0. The van der Waals surface area contributed by atoms with Crippen molar-refractivity contribution in [2.24, 2.45) is 5.92 Å². The average molecular weight is 468 g/mol. The Morgan fingerprint density at radius 1 is 0.750 bits per heavy atom. The highest BCUT2D eigenvalue weighted by atomic mass is 31.1. The van der Waals surface area contributed by atoms with E-state index in [1.165, 1.54) is 10.6 Å². The molecule has 0 saturated heterocycles. The molecule has 0 radical (unpaired) electrons. The molecule has 1 aliphatic rings. The van der Waals surface area contributed by atoms with E-state index in [4.69, 9.17) is 0 Å². The van der Waals surface area contributed by atoms with Gasteiger partial charge in [-0.2, -0.15) is 13.2 Å². The number of rotatable bonds is 7. The van der Waals surface area contributed by atoms with Crippen molar-refractivity contribution in [3.05, 3.63) is 115 Å². The first-order valence-corrected chi connectivity index (χ1v) is 13.6. The Hall–Kier alpha value is -2.21. The fourth-order valence-corrected chi connectivity index (χ4v) is 8.96. The van der Waals surface area contributed by atoms with Crippen LogP contribution in [0.5, 0.6) is 0 Å². The van der Waals surface area contributed by atoms with E-state index in [1.54, 1.807) is 30.3 Å². The smallest absolute Gasteiger partial charge is 0.167 e. The third-order valence-electron chi connectivity index (χ3n) is 5.75. The lowest BCUT2D eigenvalue weighted by molar-refractivity contribution is -0.0392. The maximum atomic E-state index is 14.1. The molecule has 3 aromatic carbocycles. The van der Waals surface area contributed by atoms with Crippen LogP contribution < -0.4 is 15.9 Å². The second-order valence-electron chi connectivity index (χ2n) is 7.79. The van der Waals surface area contributed by atoms with E-state index in [-0.39, 0.29) is 17.7 Å². The first-order valence-electron chi connectivity index (χ1n) is 10.6. The first-order chi connectivity index (χ1) is 15.4. The highest BCUT2D eigenvalue weighted by molar-refractivity contribution is 7.73. The van der Waals surface area contributed by atoms with Gasteiger partial charge in [0.2, 0.25) is 0 Å². The Balaban J connectivity index is 1.64. The lowest BCUT2D eigenvalue weighted by Gasteiger charge is -2.31. The molecule has 0 bridgehead atoms. The van der Waals surface area contributed by atoms with E-state index >= 15 is 0 Å². The predicted octanol–water partition coefficient (Wildman–Crippen LogP) is 6.95. The normalized spacial score (nSPS) is 17.9. The van der Waals surface area contributed by atoms with Gasteiger partial charge in [-0.25, -0.2) is 0 Å². The van der Waals surface area contributed by atoms with E-state index in [0.29, 0.717) is 5.30 Å².